The second kappa shape index (κ2) is 5.21. The summed E-state index contributed by atoms with van der Waals surface area (Å²) < 4.78 is 5.28. The number of rotatable bonds is 3. The van der Waals surface area contributed by atoms with Gasteiger partial charge in [0.25, 0.3) is 0 Å². The smallest absolute Gasteiger partial charge is 0.141 e. The normalized spacial score (nSPS) is 25.1. The first-order valence-electron chi connectivity index (χ1n) is 5.89. The minimum Gasteiger partial charge on any atom is -0.495 e. The van der Waals surface area contributed by atoms with Crippen LogP contribution in [-0.4, -0.2) is 24.4 Å². The number of hydrogen-bond donors (Lipinski definition) is 2. The van der Waals surface area contributed by atoms with Crippen LogP contribution in [0, 0.1) is 0 Å². The third kappa shape index (κ3) is 2.47. The molecule has 1 aromatic carbocycles. The zero-order valence-electron chi connectivity index (χ0n) is 9.65. The zero-order chi connectivity index (χ0) is 11.4. The number of methoxy groups -OCH3 is 1. The number of aliphatic hydroxyl groups excluding tert-OH is 1. The van der Waals surface area contributed by atoms with E-state index in [4.69, 9.17) is 4.74 Å². The predicted octanol–water partition coefficient (Wildman–Crippen LogP) is 2.41. The van der Waals surface area contributed by atoms with Gasteiger partial charge in [0, 0.05) is 0 Å². The molecule has 0 aromatic heterocycles. The highest BCUT2D eigenvalue weighted by molar-refractivity contribution is 5.56. The first-order valence-corrected chi connectivity index (χ1v) is 5.89. The van der Waals surface area contributed by atoms with E-state index in [0.717, 1.165) is 30.7 Å². The lowest BCUT2D eigenvalue weighted by molar-refractivity contribution is 0.116. The highest BCUT2D eigenvalue weighted by Gasteiger charge is 2.23. The lowest BCUT2D eigenvalue weighted by Gasteiger charge is -2.29. The summed E-state index contributed by atoms with van der Waals surface area (Å²) in [7, 11) is 1.66. The predicted molar refractivity (Wildman–Crippen MR) is 64.9 cm³/mol. The van der Waals surface area contributed by atoms with E-state index >= 15 is 0 Å². The van der Waals surface area contributed by atoms with E-state index in [9.17, 15) is 5.11 Å². The number of anilines is 1. The number of nitrogens with one attached hydrogen (secondary N) is 1. The SMILES string of the molecule is COc1ccccc1N[C@H]1CCCC[C@@H]1O. The highest BCUT2D eigenvalue weighted by atomic mass is 16.5. The lowest BCUT2D eigenvalue weighted by Crippen LogP contribution is -2.36. The molecule has 1 fully saturated rings. The monoisotopic (exact) mass is 221 g/mol. The number of hydrogen-bond acceptors (Lipinski definition) is 3. The molecular formula is C13H19NO2. The van der Waals surface area contributed by atoms with Gasteiger partial charge < -0.3 is 15.2 Å². The average molecular weight is 221 g/mol. The van der Waals surface area contributed by atoms with Crippen LogP contribution in [-0.2, 0) is 0 Å². The van der Waals surface area contributed by atoms with Crippen LogP contribution in [0.2, 0.25) is 0 Å². The Morgan fingerprint density at radius 2 is 2.00 bits per heavy atom. The minimum absolute atomic E-state index is 0.157. The van der Waals surface area contributed by atoms with Crippen LogP contribution in [0.15, 0.2) is 24.3 Å². The maximum Gasteiger partial charge on any atom is 0.141 e. The van der Waals surface area contributed by atoms with Gasteiger partial charge in [0.05, 0.1) is 24.9 Å². The fourth-order valence-corrected chi connectivity index (χ4v) is 2.24. The Bertz CT molecular complexity index is 340. The van der Waals surface area contributed by atoms with Gasteiger partial charge in [-0.25, -0.2) is 0 Å². The molecule has 0 bridgehead atoms. The van der Waals surface area contributed by atoms with Crippen LogP contribution in [0.25, 0.3) is 0 Å². The molecule has 1 saturated carbocycles. The van der Waals surface area contributed by atoms with Gasteiger partial charge in [-0.1, -0.05) is 25.0 Å². The molecular weight excluding hydrogens is 202 g/mol. The minimum atomic E-state index is -0.237. The van der Waals surface area contributed by atoms with E-state index in [-0.39, 0.29) is 12.1 Å². The van der Waals surface area contributed by atoms with Crippen molar-refractivity contribution in [3.05, 3.63) is 24.3 Å². The molecule has 0 aliphatic heterocycles. The molecule has 1 aromatic rings. The zero-order valence-corrected chi connectivity index (χ0v) is 9.65. The van der Waals surface area contributed by atoms with Gasteiger partial charge >= 0.3 is 0 Å². The van der Waals surface area contributed by atoms with Gasteiger partial charge in [-0.2, -0.15) is 0 Å². The number of para-hydroxylation sites is 2. The third-order valence-electron chi connectivity index (χ3n) is 3.18. The van der Waals surface area contributed by atoms with E-state index in [1.807, 2.05) is 24.3 Å². The summed E-state index contributed by atoms with van der Waals surface area (Å²) in [6, 6.07) is 7.99. The van der Waals surface area contributed by atoms with Crippen LogP contribution in [0.4, 0.5) is 5.69 Å². The van der Waals surface area contributed by atoms with Crippen molar-refractivity contribution in [2.75, 3.05) is 12.4 Å². The van der Waals surface area contributed by atoms with Gasteiger partial charge in [0.2, 0.25) is 0 Å². The van der Waals surface area contributed by atoms with E-state index in [0.29, 0.717) is 0 Å². The Morgan fingerprint density at radius 1 is 1.25 bits per heavy atom. The van der Waals surface area contributed by atoms with Gasteiger partial charge in [0.15, 0.2) is 0 Å². The van der Waals surface area contributed by atoms with Gasteiger partial charge in [-0.3, -0.25) is 0 Å². The summed E-state index contributed by atoms with van der Waals surface area (Å²) in [6.45, 7) is 0. The molecule has 16 heavy (non-hydrogen) atoms. The fraction of sp³-hybridized carbons (Fsp3) is 0.538. The van der Waals surface area contributed by atoms with E-state index in [1.165, 1.54) is 6.42 Å². The molecule has 0 radical (unpaired) electrons. The Labute approximate surface area is 96.4 Å². The van der Waals surface area contributed by atoms with Crippen molar-refractivity contribution in [1.29, 1.82) is 0 Å². The Morgan fingerprint density at radius 3 is 2.75 bits per heavy atom. The van der Waals surface area contributed by atoms with Crippen LogP contribution in [0.1, 0.15) is 25.7 Å². The van der Waals surface area contributed by atoms with Crippen molar-refractivity contribution in [2.45, 2.75) is 37.8 Å². The molecule has 1 aliphatic rings. The third-order valence-corrected chi connectivity index (χ3v) is 3.18. The van der Waals surface area contributed by atoms with Gasteiger partial charge in [-0.15, -0.1) is 0 Å². The molecule has 0 spiro atoms. The summed E-state index contributed by atoms with van der Waals surface area (Å²) in [6.07, 6.45) is 4.00. The van der Waals surface area contributed by atoms with Gasteiger partial charge in [-0.05, 0) is 25.0 Å². The second-order valence-electron chi connectivity index (χ2n) is 4.30. The number of benzene rings is 1. The van der Waals surface area contributed by atoms with Crippen molar-refractivity contribution in [3.8, 4) is 5.75 Å². The van der Waals surface area contributed by atoms with Crippen molar-refractivity contribution in [3.63, 3.8) is 0 Å². The quantitative estimate of drug-likeness (QED) is 0.823. The maximum absolute atomic E-state index is 9.89. The first-order chi connectivity index (χ1) is 7.81. The van der Waals surface area contributed by atoms with E-state index < -0.39 is 0 Å². The second-order valence-corrected chi connectivity index (χ2v) is 4.30. The van der Waals surface area contributed by atoms with Gasteiger partial charge in [0.1, 0.15) is 5.75 Å². The van der Waals surface area contributed by atoms with Crippen molar-refractivity contribution in [2.24, 2.45) is 0 Å². The fourth-order valence-electron chi connectivity index (χ4n) is 2.24. The van der Waals surface area contributed by atoms with Crippen LogP contribution in [0.3, 0.4) is 0 Å². The molecule has 2 N–H and O–H groups in total. The van der Waals surface area contributed by atoms with E-state index in [2.05, 4.69) is 5.32 Å². The molecule has 0 heterocycles. The van der Waals surface area contributed by atoms with Crippen LogP contribution >= 0.6 is 0 Å². The summed E-state index contributed by atoms with van der Waals surface area (Å²) in [5.74, 6) is 0.834. The summed E-state index contributed by atoms with van der Waals surface area (Å²) in [4.78, 5) is 0. The molecule has 3 nitrogen and oxygen atoms in total. The molecule has 0 unspecified atom stereocenters. The Balaban J connectivity index is 2.07. The summed E-state index contributed by atoms with van der Waals surface area (Å²) in [5.41, 5.74) is 0.968. The van der Waals surface area contributed by atoms with Crippen molar-refractivity contribution < 1.29 is 9.84 Å². The van der Waals surface area contributed by atoms with Crippen LogP contribution in [0.5, 0.6) is 5.75 Å². The molecule has 0 saturated heterocycles. The highest BCUT2D eigenvalue weighted by Crippen LogP contribution is 2.28. The number of ether oxygens (including phenoxy) is 1. The van der Waals surface area contributed by atoms with Crippen LogP contribution < -0.4 is 10.1 Å². The molecule has 0 amide bonds. The first kappa shape index (κ1) is 11.3. The topological polar surface area (TPSA) is 41.5 Å². The van der Waals surface area contributed by atoms with Crippen molar-refractivity contribution >= 4 is 5.69 Å². The Kier molecular flexibility index (Phi) is 3.67. The molecule has 1 aliphatic carbocycles. The molecule has 88 valence electrons. The lowest BCUT2D eigenvalue weighted by atomic mass is 9.92. The largest absolute Gasteiger partial charge is 0.495 e. The maximum atomic E-state index is 9.89. The average Bonchev–Trinajstić information content (AvgIpc) is 2.33. The van der Waals surface area contributed by atoms with E-state index in [1.54, 1.807) is 7.11 Å². The molecule has 2 atom stereocenters. The number of aliphatic hydroxyl groups is 1. The summed E-state index contributed by atoms with van der Waals surface area (Å²) in [5, 5.41) is 13.3. The standard InChI is InChI=1S/C13H19NO2/c1-16-13-9-5-3-7-11(13)14-10-6-2-4-8-12(10)15/h3,5,7,9-10,12,14-15H,2,4,6,8H2,1H3/t10-,12-/m0/s1. The van der Waals surface area contributed by atoms with Crippen molar-refractivity contribution in [1.82, 2.24) is 0 Å². The molecule has 3 heteroatoms. The summed E-state index contributed by atoms with van der Waals surface area (Å²) >= 11 is 0. The molecule has 2 rings (SSSR count). The Hall–Kier alpha value is -1.22.